The largest absolute Gasteiger partial charge is 0.508 e. The molecule has 0 aliphatic heterocycles. The Kier molecular flexibility index (Phi) is 8.75. The number of aryl methyl sites for hydroxylation is 2. The minimum absolute atomic E-state index is 0.282. The lowest BCUT2D eigenvalue weighted by molar-refractivity contribution is 0.449. The SMILES string of the molecule is Cc1cc(O)c(CCCCCCCCCCBr)cc1O. The van der Waals surface area contributed by atoms with Gasteiger partial charge in [0.1, 0.15) is 11.5 Å². The number of rotatable bonds is 10. The molecule has 0 spiro atoms. The molecule has 0 saturated carbocycles. The Balaban J connectivity index is 2.11. The van der Waals surface area contributed by atoms with Gasteiger partial charge in [-0.2, -0.15) is 0 Å². The smallest absolute Gasteiger partial charge is 0.119 e. The molecule has 2 nitrogen and oxygen atoms in total. The molecule has 0 aliphatic rings. The lowest BCUT2D eigenvalue weighted by Gasteiger charge is -2.07. The van der Waals surface area contributed by atoms with Gasteiger partial charge in [0.15, 0.2) is 0 Å². The van der Waals surface area contributed by atoms with E-state index in [-0.39, 0.29) is 5.75 Å². The second-order valence-corrected chi connectivity index (χ2v) is 6.33. The van der Waals surface area contributed by atoms with Gasteiger partial charge < -0.3 is 10.2 Å². The van der Waals surface area contributed by atoms with Crippen LogP contribution in [0, 0.1) is 6.92 Å². The molecule has 0 heterocycles. The summed E-state index contributed by atoms with van der Waals surface area (Å²) in [5.74, 6) is 0.597. The fourth-order valence-electron chi connectivity index (χ4n) is 2.40. The zero-order valence-electron chi connectivity index (χ0n) is 12.5. The van der Waals surface area contributed by atoms with Crippen LogP contribution in [0.1, 0.15) is 62.5 Å². The van der Waals surface area contributed by atoms with Crippen LogP contribution in [0.3, 0.4) is 0 Å². The molecule has 20 heavy (non-hydrogen) atoms. The van der Waals surface area contributed by atoms with Crippen molar-refractivity contribution in [2.45, 2.75) is 64.7 Å². The molecule has 2 N–H and O–H groups in total. The van der Waals surface area contributed by atoms with Crippen molar-refractivity contribution in [1.29, 1.82) is 0 Å². The van der Waals surface area contributed by atoms with Crippen molar-refractivity contribution >= 4 is 15.9 Å². The summed E-state index contributed by atoms with van der Waals surface area (Å²) in [6.45, 7) is 1.80. The zero-order chi connectivity index (χ0) is 14.8. The van der Waals surface area contributed by atoms with Gasteiger partial charge in [0.05, 0.1) is 0 Å². The van der Waals surface area contributed by atoms with Crippen molar-refractivity contribution < 1.29 is 10.2 Å². The third-order valence-corrected chi connectivity index (χ3v) is 4.29. The molecule has 114 valence electrons. The summed E-state index contributed by atoms with van der Waals surface area (Å²) in [7, 11) is 0. The summed E-state index contributed by atoms with van der Waals surface area (Å²) in [5, 5.41) is 20.6. The van der Waals surface area contributed by atoms with E-state index in [4.69, 9.17) is 0 Å². The average Bonchev–Trinajstić information content (AvgIpc) is 2.42. The third-order valence-electron chi connectivity index (χ3n) is 3.73. The lowest BCUT2D eigenvalue weighted by atomic mass is 10.0. The lowest BCUT2D eigenvalue weighted by Crippen LogP contribution is -1.89. The average molecular weight is 343 g/mol. The van der Waals surface area contributed by atoms with E-state index in [0.717, 1.165) is 29.3 Å². The maximum absolute atomic E-state index is 9.82. The first-order valence-corrected chi connectivity index (χ1v) is 8.84. The highest BCUT2D eigenvalue weighted by molar-refractivity contribution is 9.09. The van der Waals surface area contributed by atoms with Gasteiger partial charge in [0.2, 0.25) is 0 Å². The van der Waals surface area contributed by atoms with E-state index in [1.54, 1.807) is 19.1 Å². The molecule has 0 aliphatic carbocycles. The van der Waals surface area contributed by atoms with E-state index in [9.17, 15) is 10.2 Å². The first kappa shape index (κ1) is 17.4. The van der Waals surface area contributed by atoms with Crippen LogP contribution in [0.15, 0.2) is 12.1 Å². The van der Waals surface area contributed by atoms with E-state index in [0.29, 0.717) is 5.75 Å². The van der Waals surface area contributed by atoms with Gasteiger partial charge in [0.25, 0.3) is 0 Å². The summed E-state index contributed by atoms with van der Waals surface area (Å²) in [6.07, 6.45) is 11.0. The normalized spacial score (nSPS) is 10.9. The fourth-order valence-corrected chi connectivity index (χ4v) is 2.79. The Bertz CT molecular complexity index is 391. The molecule has 0 amide bonds. The number of aromatic hydroxyl groups is 2. The molecule has 0 unspecified atom stereocenters. The number of hydrogen-bond acceptors (Lipinski definition) is 2. The van der Waals surface area contributed by atoms with Crippen molar-refractivity contribution in [3.05, 3.63) is 23.3 Å². The molecule has 0 bridgehead atoms. The van der Waals surface area contributed by atoms with Crippen LogP contribution in [0.25, 0.3) is 0 Å². The summed E-state index contributed by atoms with van der Waals surface area (Å²) in [5.41, 5.74) is 1.60. The molecule has 0 saturated heterocycles. The first-order valence-electron chi connectivity index (χ1n) is 7.72. The van der Waals surface area contributed by atoms with Gasteiger partial charge in [-0.05, 0) is 49.4 Å². The van der Waals surface area contributed by atoms with E-state index in [1.807, 2.05) is 0 Å². The number of benzene rings is 1. The molecule has 0 aromatic heterocycles. The highest BCUT2D eigenvalue weighted by Crippen LogP contribution is 2.27. The van der Waals surface area contributed by atoms with Gasteiger partial charge >= 0.3 is 0 Å². The molecule has 3 heteroatoms. The summed E-state index contributed by atoms with van der Waals surface area (Å²) in [4.78, 5) is 0. The monoisotopic (exact) mass is 342 g/mol. The Hall–Kier alpha value is -0.700. The molecular weight excluding hydrogens is 316 g/mol. The van der Waals surface area contributed by atoms with E-state index in [2.05, 4.69) is 15.9 Å². The Labute approximate surface area is 131 Å². The Morgan fingerprint density at radius 1 is 0.800 bits per heavy atom. The molecule has 0 radical (unpaired) electrons. The summed E-state index contributed by atoms with van der Waals surface area (Å²) < 4.78 is 0. The molecule has 1 rings (SSSR count). The molecule has 0 fully saturated rings. The van der Waals surface area contributed by atoms with Gasteiger partial charge in [0, 0.05) is 5.33 Å². The van der Waals surface area contributed by atoms with Crippen LogP contribution < -0.4 is 0 Å². The minimum atomic E-state index is 0.282. The van der Waals surface area contributed by atoms with E-state index < -0.39 is 0 Å². The number of hydrogen-bond donors (Lipinski definition) is 2. The number of halogens is 1. The van der Waals surface area contributed by atoms with Crippen molar-refractivity contribution in [2.75, 3.05) is 5.33 Å². The van der Waals surface area contributed by atoms with Crippen molar-refractivity contribution in [3.63, 3.8) is 0 Å². The maximum atomic E-state index is 9.82. The van der Waals surface area contributed by atoms with Crippen molar-refractivity contribution in [3.8, 4) is 11.5 Å². The fraction of sp³-hybridized carbons (Fsp3) is 0.647. The number of unbranched alkanes of at least 4 members (excludes halogenated alkanes) is 7. The van der Waals surface area contributed by atoms with Gasteiger partial charge in [-0.3, -0.25) is 0 Å². The van der Waals surface area contributed by atoms with Crippen molar-refractivity contribution in [2.24, 2.45) is 0 Å². The number of alkyl halides is 1. The topological polar surface area (TPSA) is 40.5 Å². The zero-order valence-corrected chi connectivity index (χ0v) is 14.1. The predicted molar refractivity (Wildman–Crippen MR) is 88.9 cm³/mol. The molecular formula is C17H27BrO2. The Morgan fingerprint density at radius 3 is 1.95 bits per heavy atom. The maximum Gasteiger partial charge on any atom is 0.119 e. The second kappa shape index (κ2) is 10.1. The molecule has 0 atom stereocenters. The summed E-state index contributed by atoms with van der Waals surface area (Å²) in [6, 6.07) is 3.35. The van der Waals surface area contributed by atoms with Crippen LogP contribution in [-0.4, -0.2) is 15.5 Å². The highest BCUT2D eigenvalue weighted by Gasteiger charge is 2.05. The van der Waals surface area contributed by atoms with E-state index >= 15 is 0 Å². The predicted octanol–water partition coefficient (Wildman–Crippen LogP) is 5.46. The second-order valence-electron chi connectivity index (χ2n) is 5.53. The van der Waals surface area contributed by atoms with E-state index in [1.165, 1.54) is 44.9 Å². The van der Waals surface area contributed by atoms with Gasteiger partial charge in [-0.15, -0.1) is 0 Å². The third kappa shape index (κ3) is 6.65. The standard InChI is InChI=1S/C17H27BrO2/c1-14-12-17(20)15(13-16(14)19)10-8-6-4-2-3-5-7-9-11-18/h12-13,19-20H,2-11H2,1H3. The van der Waals surface area contributed by atoms with Crippen LogP contribution in [0.4, 0.5) is 0 Å². The first-order chi connectivity index (χ1) is 9.65. The van der Waals surface area contributed by atoms with Crippen LogP contribution in [0.2, 0.25) is 0 Å². The van der Waals surface area contributed by atoms with Gasteiger partial charge in [-0.25, -0.2) is 0 Å². The number of phenolic OH excluding ortho intramolecular Hbond substituents is 2. The van der Waals surface area contributed by atoms with Gasteiger partial charge in [-0.1, -0.05) is 54.5 Å². The summed E-state index contributed by atoms with van der Waals surface area (Å²) >= 11 is 3.45. The molecule has 1 aromatic rings. The molecule has 1 aromatic carbocycles. The highest BCUT2D eigenvalue weighted by atomic mass is 79.9. The quantitative estimate of drug-likeness (QED) is 0.336. The number of phenols is 2. The minimum Gasteiger partial charge on any atom is -0.508 e. The van der Waals surface area contributed by atoms with Crippen LogP contribution in [-0.2, 0) is 6.42 Å². The van der Waals surface area contributed by atoms with Crippen LogP contribution >= 0.6 is 15.9 Å². The van der Waals surface area contributed by atoms with Crippen LogP contribution in [0.5, 0.6) is 11.5 Å². The van der Waals surface area contributed by atoms with Crippen molar-refractivity contribution in [1.82, 2.24) is 0 Å². The Morgan fingerprint density at radius 2 is 1.35 bits per heavy atom.